The summed E-state index contributed by atoms with van der Waals surface area (Å²) in [5.41, 5.74) is 1.77. The molecule has 2 aromatic heterocycles. The Bertz CT molecular complexity index is 497. The normalized spacial score (nSPS) is 18.3. The van der Waals surface area contributed by atoms with Gasteiger partial charge in [-0.05, 0) is 30.5 Å². The summed E-state index contributed by atoms with van der Waals surface area (Å²) in [6, 6.07) is 3.91. The van der Waals surface area contributed by atoms with Crippen LogP contribution < -0.4 is 0 Å². The number of pyridine rings is 1. The molecule has 0 atom stereocenters. The van der Waals surface area contributed by atoms with Crippen molar-refractivity contribution in [2.24, 2.45) is 0 Å². The van der Waals surface area contributed by atoms with E-state index in [1.54, 1.807) is 6.20 Å². The lowest BCUT2D eigenvalue weighted by molar-refractivity contribution is -0.109. The van der Waals surface area contributed by atoms with Crippen molar-refractivity contribution in [3.8, 4) is 0 Å². The Balaban J connectivity index is 2.27. The smallest absolute Gasteiger partial charge is 0.137 e. The largest absolute Gasteiger partial charge is 0.346 e. The van der Waals surface area contributed by atoms with Gasteiger partial charge in [0.05, 0.1) is 5.41 Å². The summed E-state index contributed by atoms with van der Waals surface area (Å²) in [5, 5.41) is 1.08. The van der Waals surface area contributed by atoms with Crippen LogP contribution in [0.25, 0.3) is 11.0 Å². The molecule has 14 heavy (non-hydrogen) atoms. The SMILES string of the molecule is O=CC1(c2c[nH]c3ncccc23)CC1. The van der Waals surface area contributed by atoms with Crippen LogP contribution in [0.4, 0.5) is 0 Å². The predicted molar refractivity (Wildman–Crippen MR) is 53.1 cm³/mol. The molecule has 1 fully saturated rings. The second-order valence-corrected chi connectivity index (χ2v) is 3.88. The van der Waals surface area contributed by atoms with E-state index in [2.05, 4.69) is 9.97 Å². The Morgan fingerprint density at radius 3 is 3.07 bits per heavy atom. The summed E-state index contributed by atoms with van der Waals surface area (Å²) in [6.45, 7) is 0. The molecule has 1 aliphatic rings. The highest BCUT2D eigenvalue weighted by molar-refractivity contribution is 5.87. The number of fused-ring (bicyclic) bond motifs is 1. The lowest BCUT2D eigenvalue weighted by Crippen LogP contribution is -2.06. The summed E-state index contributed by atoms with van der Waals surface area (Å²) in [5.74, 6) is 0. The molecular formula is C11H10N2O. The van der Waals surface area contributed by atoms with Crippen LogP contribution in [0, 0.1) is 0 Å². The fraction of sp³-hybridized carbons (Fsp3) is 0.273. The highest BCUT2D eigenvalue weighted by atomic mass is 16.1. The lowest BCUT2D eigenvalue weighted by atomic mass is 9.98. The molecule has 0 unspecified atom stereocenters. The Labute approximate surface area is 81.2 Å². The Hall–Kier alpha value is -1.64. The fourth-order valence-electron chi connectivity index (χ4n) is 1.95. The fourth-order valence-corrected chi connectivity index (χ4v) is 1.95. The summed E-state index contributed by atoms with van der Waals surface area (Å²) >= 11 is 0. The Morgan fingerprint density at radius 2 is 2.36 bits per heavy atom. The number of hydrogen-bond donors (Lipinski definition) is 1. The van der Waals surface area contributed by atoms with E-state index < -0.39 is 0 Å². The minimum Gasteiger partial charge on any atom is -0.346 e. The molecule has 0 aliphatic heterocycles. The molecule has 0 aromatic carbocycles. The van der Waals surface area contributed by atoms with Crippen LogP contribution in [0.3, 0.4) is 0 Å². The minimum atomic E-state index is -0.207. The first-order chi connectivity index (χ1) is 6.86. The van der Waals surface area contributed by atoms with Crippen LogP contribution in [0.2, 0.25) is 0 Å². The number of H-pyrrole nitrogens is 1. The van der Waals surface area contributed by atoms with Crippen LogP contribution in [0.1, 0.15) is 18.4 Å². The van der Waals surface area contributed by atoms with Crippen molar-refractivity contribution < 1.29 is 4.79 Å². The highest BCUT2D eigenvalue weighted by Gasteiger charge is 2.45. The van der Waals surface area contributed by atoms with Gasteiger partial charge in [-0.15, -0.1) is 0 Å². The first kappa shape index (κ1) is 7.74. The van der Waals surface area contributed by atoms with Crippen LogP contribution in [0.15, 0.2) is 24.5 Å². The van der Waals surface area contributed by atoms with E-state index in [1.807, 2.05) is 18.3 Å². The zero-order valence-corrected chi connectivity index (χ0v) is 7.66. The van der Waals surface area contributed by atoms with Crippen LogP contribution in [0.5, 0.6) is 0 Å². The average molecular weight is 186 g/mol. The third-order valence-corrected chi connectivity index (χ3v) is 3.00. The van der Waals surface area contributed by atoms with Gasteiger partial charge in [0.25, 0.3) is 0 Å². The summed E-state index contributed by atoms with van der Waals surface area (Å²) in [7, 11) is 0. The van der Waals surface area contributed by atoms with E-state index in [0.29, 0.717) is 0 Å². The van der Waals surface area contributed by atoms with Crippen molar-refractivity contribution in [3.63, 3.8) is 0 Å². The van der Waals surface area contributed by atoms with Gasteiger partial charge in [-0.25, -0.2) is 4.98 Å². The van der Waals surface area contributed by atoms with Gasteiger partial charge in [0.2, 0.25) is 0 Å². The Kier molecular flexibility index (Phi) is 1.35. The molecule has 0 radical (unpaired) electrons. The molecule has 0 amide bonds. The van der Waals surface area contributed by atoms with E-state index in [4.69, 9.17) is 0 Å². The van der Waals surface area contributed by atoms with Gasteiger partial charge in [-0.3, -0.25) is 0 Å². The van der Waals surface area contributed by atoms with Crippen molar-refractivity contribution >= 4 is 17.3 Å². The number of aromatic nitrogens is 2. The van der Waals surface area contributed by atoms with Crippen molar-refractivity contribution in [1.29, 1.82) is 0 Å². The molecule has 70 valence electrons. The molecule has 1 saturated carbocycles. The zero-order chi connectivity index (χ0) is 9.60. The number of rotatable bonds is 2. The molecule has 1 aliphatic carbocycles. The Morgan fingerprint density at radius 1 is 1.50 bits per heavy atom. The molecule has 3 rings (SSSR count). The molecule has 0 bridgehead atoms. The third-order valence-electron chi connectivity index (χ3n) is 3.00. The molecule has 0 spiro atoms. The van der Waals surface area contributed by atoms with E-state index in [9.17, 15) is 4.79 Å². The summed E-state index contributed by atoms with van der Waals surface area (Å²) < 4.78 is 0. The monoisotopic (exact) mass is 186 g/mol. The molecule has 0 saturated heterocycles. The summed E-state index contributed by atoms with van der Waals surface area (Å²) in [6.07, 6.45) is 6.68. The zero-order valence-electron chi connectivity index (χ0n) is 7.66. The lowest BCUT2D eigenvalue weighted by Gasteiger charge is -2.03. The number of nitrogens with one attached hydrogen (secondary N) is 1. The van der Waals surface area contributed by atoms with Crippen LogP contribution in [-0.2, 0) is 10.2 Å². The van der Waals surface area contributed by atoms with Gasteiger partial charge in [-0.2, -0.15) is 0 Å². The topological polar surface area (TPSA) is 45.8 Å². The number of carbonyl (C=O) groups is 1. The average Bonchev–Trinajstić information content (AvgIpc) is 2.91. The van der Waals surface area contributed by atoms with Gasteiger partial charge in [-0.1, -0.05) is 0 Å². The van der Waals surface area contributed by atoms with Gasteiger partial charge in [0.15, 0.2) is 0 Å². The van der Waals surface area contributed by atoms with Crippen molar-refractivity contribution in [2.75, 3.05) is 0 Å². The maximum absolute atomic E-state index is 11.0. The maximum Gasteiger partial charge on any atom is 0.137 e. The number of aromatic amines is 1. The minimum absolute atomic E-state index is 0.207. The van der Waals surface area contributed by atoms with Crippen molar-refractivity contribution in [1.82, 2.24) is 9.97 Å². The number of nitrogens with zero attached hydrogens (tertiary/aromatic N) is 1. The second-order valence-electron chi connectivity index (χ2n) is 3.88. The third kappa shape index (κ3) is 0.867. The molecule has 3 nitrogen and oxygen atoms in total. The van der Waals surface area contributed by atoms with Crippen molar-refractivity contribution in [2.45, 2.75) is 18.3 Å². The quantitative estimate of drug-likeness (QED) is 0.727. The van der Waals surface area contributed by atoms with Gasteiger partial charge < -0.3 is 9.78 Å². The van der Waals surface area contributed by atoms with E-state index >= 15 is 0 Å². The van der Waals surface area contributed by atoms with Crippen LogP contribution in [-0.4, -0.2) is 16.3 Å². The van der Waals surface area contributed by atoms with E-state index in [-0.39, 0.29) is 5.41 Å². The van der Waals surface area contributed by atoms with Gasteiger partial charge in [0.1, 0.15) is 11.9 Å². The molecule has 1 N–H and O–H groups in total. The second kappa shape index (κ2) is 2.44. The van der Waals surface area contributed by atoms with Gasteiger partial charge >= 0.3 is 0 Å². The predicted octanol–water partition coefficient (Wildman–Crippen LogP) is 1.79. The standard InChI is InChI=1S/C11H10N2O/c14-7-11(3-4-11)9-6-13-10-8(9)2-1-5-12-10/h1-2,5-7H,3-4H2,(H,12,13). The first-order valence-corrected chi connectivity index (χ1v) is 4.75. The first-order valence-electron chi connectivity index (χ1n) is 4.75. The molecule has 3 heteroatoms. The molecule has 2 aromatic rings. The molecule has 2 heterocycles. The summed E-state index contributed by atoms with van der Waals surface area (Å²) in [4.78, 5) is 18.3. The van der Waals surface area contributed by atoms with Crippen molar-refractivity contribution in [3.05, 3.63) is 30.1 Å². The number of carbonyl (C=O) groups excluding carboxylic acids is 1. The van der Waals surface area contributed by atoms with E-state index in [1.165, 1.54) is 0 Å². The van der Waals surface area contributed by atoms with E-state index in [0.717, 1.165) is 35.7 Å². The van der Waals surface area contributed by atoms with Gasteiger partial charge in [0, 0.05) is 17.8 Å². The molecular weight excluding hydrogens is 176 g/mol. The highest BCUT2D eigenvalue weighted by Crippen LogP contribution is 2.48. The van der Waals surface area contributed by atoms with Crippen LogP contribution >= 0.6 is 0 Å². The maximum atomic E-state index is 11.0. The number of aldehydes is 1. The number of hydrogen-bond acceptors (Lipinski definition) is 2.